The topological polar surface area (TPSA) is 41.7 Å². The maximum atomic E-state index is 6.16. The highest BCUT2D eigenvalue weighted by Gasteiger charge is 2.24. The predicted molar refractivity (Wildman–Crippen MR) is 80.9 cm³/mol. The Balaban J connectivity index is 2.09. The summed E-state index contributed by atoms with van der Waals surface area (Å²) in [5, 5.41) is 0. The van der Waals surface area contributed by atoms with E-state index in [1.54, 1.807) is 7.11 Å². The monoisotopic (exact) mass is 263 g/mol. The number of hydrogen-bond donors (Lipinski definition) is 1. The van der Waals surface area contributed by atoms with E-state index in [0.717, 1.165) is 30.2 Å². The van der Waals surface area contributed by atoms with Gasteiger partial charge in [-0.2, -0.15) is 0 Å². The van der Waals surface area contributed by atoms with E-state index in [4.69, 9.17) is 10.5 Å². The first-order valence-electron chi connectivity index (χ1n) is 7.05. The van der Waals surface area contributed by atoms with Gasteiger partial charge >= 0.3 is 0 Å². The fourth-order valence-corrected chi connectivity index (χ4v) is 2.98. The van der Waals surface area contributed by atoms with Crippen LogP contribution < -0.4 is 15.4 Å². The minimum Gasteiger partial charge on any atom is -0.495 e. The van der Waals surface area contributed by atoms with Crippen LogP contribution >= 0.6 is 0 Å². The molecule has 1 aliphatic heterocycles. The molecule has 2 N–H and O–H groups in total. The highest BCUT2D eigenvalue weighted by Crippen LogP contribution is 2.32. The van der Waals surface area contributed by atoms with Gasteiger partial charge in [0.2, 0.25) is 0 Å². The molecule has 1 aromatic rings. The van der Waals surface area contributed by atoms with Gasteiger partial charge in [-0.15, -0.1) is 0 Å². The second-order valence-electron chi connectivity index (χ2n) is 5.20. The number of rotatable bonds is 5. The molecule has 1 aromatic carbocycles. The van der Waals surface area contributed by atoms with Crippen molar-refractivity contribution < 1.29 is 4.74 Å². The van der Waals surface area contributed by atoms with Crippen molar-refractivity contribution in [3.8, 4) is 5.75 Å². The Kier molecular flexibility index (Phi) is 4.53. The molecular formula is C15H25N3O. The molecule has 2 rings (SSSR count). The summed E-state index contributed by atoms with van der Waals surface area (Å²) in [5.41, 5.74) is 7.94. The number of anilines is 2. The molecule has 0 spiro atoms. The molecule has 4 heteroatoms. The van der Waals surface area contributed by atoms with Crippen LogP contribution in [0.2, 0.25) is 0 Å². The van der Waals surface area contributed by atoms with E-state index in [1.165, 1.54) is 19.4 Å². The summed E-state index contributed by atoms with van der Waals surface area (Å²) in [5.74, 6) is 0.753. The molecule has 1 heterocycles. The number of ether oxygens (including phenoxy) is 1. The fourth-order valence-electron chi connectivity index (χ4n) is 2.98. The number of methoxy groups -OCH3 is 1. The standard InChI is InChI=1S/C15H25N3O/c1-4-18-10-6-7-12(18)11-17(2)13-8-5-9-14(19-3)15(13)16/h5,8-9,12H,4,6-7,10-11,16H2,1-3H3. The zero-order valence-corrected chi connectivity index (χ0v) is 12.2. The van der Waals surface area contributed by atoms with Gasteiger partial charge in [0.1, 0.15) is 5.75 Å². The van der Waals surface area contributed by atoms with E-state index < -0.39 is 0 Å². The van der Waals surface area contributed by atoms with E-state index in [9.17, 15) is 0 Å². The number of benzene rings is 1. The molecule has 1 atom stereocenters. The summed E-state index contributed by atoms with van der Waals surface area (Å²) < 4.78 is 5.29. The van der Waals surface area contributed by atoms with Gasteiger partial charge in [-0.1, -0.05) is 13.0 Å². The van der Waals surface area contributed by atoms with Crippen molar-refractivity contribution in [3.63, 3.8) is 0 Å². The van der Waals surface area contributed by atoms with Crippen LogP contribution in [0.1, 0.15) is 19.8 Å². The number of hydrogen-bond acceptors (Lipinski definition) is 4. The number of nitrogen functional groups attached to an aromatic ring is 1. The normalized spacial score (nSPS) is 19.6. The molecule has 0 aromatic heterocycles. The molecule has 0 bridgehead atoms. The van der Waals surface area contributed by atoms with Gasteiger partial charge in [0.15, 0.2) is 0 Å². The zero-order chi connectivity index (χ0) is 13.8. The largest absolute Gasteiger partial charge is 0.495 e. The Morgan fingerprint density at radius 2 is 2.26 bits per heavy atom. The van der Waals surface area contributed by atoms with Gasteiger partial charge in [-0.25, -0.2) is 0 Å². The van der Waals surface area contributed by atoms with Crippen molar-refractivity contribution in [1.82, 2.24) is 4.90 Å². The third-order valence-electron chi connectivity index (χ3n) is 4.06. The lowest BCUT2D eigenvalue weighted by molar-refractivity contribution is 0.270. The van der Waals surface area contributed by atoms with Crippen molar-refractivity contribution in [2.75, 3.05) is 44.4 Å². The number of para-hydroxylation sites is 1. The average Bonchev–Trinajstić information content (AvgIpc) is 2.86. The third-order valence-corrected chi connectivity index (χ3v) is 4.06. The van der Waals surface area contributed by atoms with Gasteiger partial charge < -0.3 is 15.4 Å². The van der Waals surface area contributed by atoms with Crippen LogP contribution in [-0.4, -0.2) is 44.7 Å². The first kappa shape index (κ1) is 14.0. The summed E-state index contributed by atoms with van der Waals surface area (Å²) in [4.78, 5) is 4.80. The second kappa shape index (κ2) is 6.15. The maximum Gasteiger partial charge on any atom is 0.143 e. The highest BCUT2D eigenvalue weighted by molar-refractivity contribution is 5.73. The van der Waals surface area contributed by atoms with Crippen LogP contribution in [0, 0.1) is 0 Å². The molecule has 0 saturated carbocycles. The Labute approximate surface area is 116 Å². The van der Waals surface area contributed by atoms with E-state index in [-0.39, 0.29) is 0 Å². The van der Waals surface area contributed by atoms with Crippen LogP contribution in [-0.2, 0) is 0 Å². The highest BCUT2D eigenvalue weighted by atomic mass is 16.5. The summed E-state index contributed by atoms with van der Waals surface area (Å²) in [6.45, 7) is 5.61. The van der Waals surface area contributed by atoms with Gasteiger partial charge in [0.05, 0.1) is 18.5 Å². The Bertz CT molecular complexity index is 422. The van der Waals surface area contributed by atoms with Crippen molar-refractivity contribution in [2.24, 2.45) is 0 Å². The molecule has 19 heavy (non-hydrogen) atoms. The van der Waals surface area contributed by atoms with Gasteiger partial charge in [-0.3, -0.25) is 4.90 Å². The van der Waals surface area contributed by atoms with Crippen molar-refractivity contribution in [3.05, 3.63) is 18.2 Å². The Morgan fingerprint density at radius 3 is 2.95 bits per heavy atom. The molecule has 1 unspecified atom stereocenters. The second-order valence-corrected chi connectivity index (χ2v) is 5.20. The van der Waals surface area contributed by atoms with Crippen LogP contribution in [0.5, 0.6) is 5.75 Å². The number of likely N-dealkylation sites (N-methyl/N-ethyl adjacent to an activating group) is 2. The molecule has 4 nitrogen and oxygen atoms in total. The lowest BCUT2D eigenvalue weighted by atomic mass is 10.1. The zero-order valence-electron chi connectivity index (χ0n) is 12.2. The fraction of sp³-hybridized carbons (Fsp3) is 0.600. The van der Waals surface area contributed by atoms with E-state index in [2.05, 4.69) is 29.8 Å². The third kappa shape index (κ3) is 2.95. The minimum atomic E-state index is 0.639. The van der Waals surface area contributed by atoms with Crippen LogP contribution in [0.25, 0.3) is 0 Å². The summed E-state index contributed by atoms with van der Waals surface area (Å²) in [6, 6.07) is 6.59. The van der Waals surface area contributed by atoms with E-state index >= 15 is 0 Å². The van der Waals surface area contributed by atoms with Crippen molar-refractivity contribution >= 4 is 11.4 Å². The van der Waals surface area contributed by atoms with Crippen molar-refractivity contribution in [2.45, 2.75) is 25.8 Å². The quantitative estimate of drug-likeness (QED) is 0.827. The number of likely N-dealkylation sites (tertiary alicyclic amines) is 1. The molecule has 1 saturated heterocycles. The van der Waals surface area contributed by atoms with Crippen molar-refractivity contribution in [1.29, 1.82) is 0 Å². The summed E-state index contributed by atoms with van der Waals surface area (Å²) >= 11 is 0. The number of nitrogens with zero attached hydrogens (tertiary/aromatic N) is 2. The SMILES string of the molecule is CCN1CCCC1CN(C)c1cccc(OC)c1N. The van der Waals surface area contributed by atoms with Gasteiger partial charge in [0.25, 0.3) is 0 Å². The Hall–Kier alpha value is -1.42. The maximum absolute atomic E-state index is 6.16. The van der Waals surface area contributed by atoms with Crippen LogP contribution in [0.3, 0.4) is 0 Å². The molecule has 0 radical (unpaired) electrons. The molecule has 1 aliphatic rings. The van der Waals surface area contributed by atoms with E-state index in [0.29, 0.717) is 6.04 Å². The van der Waals surface area contributed by atoms with Crippen LogP contribution in [0.15, 0.2) is 18.2 Å². The summed E-state index contributed by atoms with van der Waals surface area (Å²) in [7, 11) is 3.77. The molecule has 0 amide bonds. The lowest BCUT2D eigenvalue weighted by Crippen LogP contribution is -2.38. The predicted octanol–water partition coefficient (Wildman–Crippen LogP) is 2.20. The first-order valence-corrected chi connectivity index (χ1v) is 7.05. The first-order chi connectivity index (χ1) is 9.17. The van der Waals surface area contributed by atoms with Crippen LogP contribution in [0.4, 0.5) is 11.4 Å². The number of nitrogens with two attached hydrogens (primary N) is 1. The molecule has 1 fully saturated rings. The molecule has 106 valence electrons. The van der Waals surface area contributed by atoms with E-state index in [1.807, 2.05) is 12.1 Å². The molecule has 0 aliphatic carbocycles. The van der Waals surface area contributed by atoms with Gasteiger partial charge in [-0.05, 0) is 38.1 Å². The minimum absolute atomic E-state index is 0.639. The van der Waals surface area contributed by atoms with Gasteiger partial charge in [0, 0.05) is 19.6 Å². The summed E-state index contributed by atoms with van der Waals surface area (Å²) in [6.07, 6.45) is 2.59. The smallest absolute Gasteiger partial charge is 0.143 e. The lowest BCUT2D eigenvalue weighted by Gasteiger charge is -2.30. The average molecular weight is 263 g/mol. The Morgan fingerprint density at radius 1 is 1.47 bits per heavy atom. The molecular weight excluding hydrogens is 238 g/mol.